The summed E-state index contributed by atoms with van der Waals surface area (Å²) in [5, 5.41) is 8.98. The van der Waals surface area contributed by atoms with Gasteiger partial charge in [-0.05, 0) is 73.2 Å². The summed E-state index contributed by atoms with van der Waals surface area (Å²) in [5.41, 5.74) is 2.64. The van der Waals surface area contributed by atoms with Gasteiger partial charge in [-0.15, -0.1) is 0 Å². The number of aldehydes is 1. The lowest BCUT2D eigenvalue weighted by Crippen LogP contribution is -2.46. The van der Waals surface area contributed by atoms with E-state index in [9.17, 15) is 9.59 Å². The Balaban J connectivity index is 2.19. The standard InChI is InChI=1S/C20H32O3/c1-13(10-18(22)23)6-8-19(4)14(2)7-9-20(5)15(3)16(12-21)11-17(19)20/h12-14,17H,6-11H2,1-5H3,(H,22,23). The number of rotatable bonds is 6. The van der Waals surface area contributed by atoms with Crippen LogP contribution in [-0.4, -0.2) is 17.4 Å². The molecule has 0 heterocycles. The van der Waals surface area contributed by atoms with Crippen LogP contribution in [0.4, 0.5) is 0 Å². The molecular formula is C20H32O3. The van der Waals surface area contributed by atoms with Crippen LogP contribution in [-0.2, 0) is 9.59 Å². The first-order valence-corrected chi connectivity index (χ1v) is 9.02. The zero-order valence-corrected chi connectivity index (χ0v) is 15.3. The average molecular weight is 320 g/mol. The fraction of sp³-hybridized carbons (Fsp3) is 0.800. The molecule has 2 rings (SSSR count). The quantitative estimate of drug-likeness (QED) is 0.711. The number of carbonyl (C=O) groups is 2. The van der Waals surface area contributed by atoms with Gasteiger partial charge in [-0.1, -0.05) is 33.3 Å². The van der Waals surface area contributed by atoms with Gasteiger partial charge in [0.1, 0.15) is 6.29 Å². The summed E-state index contributed by atoms with van der Waals surface area (Å²) in [5.74, 6) is 0.642. The van der Waals surface area contributed by atoms with Crippen molar-refractivity contribution in [1.82, 2.24) is 0 Å². The van der Waals surface area contributed by atoms with Crippen LogP contribution in [0.1, 0.15) is 73.1 Å². The Morgan fingerprint density at radius 2 is 2.09 bits per heavy atom. The highest BCUT2D eigenvalue weighted by Gasteiger charge is 2.55. The molecule has 1 N–H and O–H groups in total. The van der Waals surface area contributed by atoms with Crippen molar-refractivity contribution in [3.05, 3.63) is 11.1 Å². The van der Waals surface area contributed by atoms with Gasteiger partial charge < -0.3 is 5.11 Å². The normalized spacial score (nSPS) is 38.3. The van der Waals surface area contributed by atoms with Crippen molar-refractivity contribution in [2.45, 2.75) is 73.1 Å². The van der Waals surface area contributed by atoms with E-state index in [1.165, 1.54) is 18.4 Å². The van der Waals surface area contributed by atoms with Crippen LogP contribution in [0.2, 0.25) is 0 Å². The number of carbonyl (C=O) groups excluding carboxylic acids is 1. The van der Waals surface area contributed by atoms with Crippen LogP contribution in [0, 0.1) is 28.6 Å². The van der Waals surface area contributed by atoms with E-state index >= 15 is 0 Å². The molecule has 1 saturated carbocycles. The van der Waals surface area contributed by atoms with E-state index in [0.717, 1.165) is 31.1 Å². The lowest BCUT2D eigenvalue weighted by Gasteiger charge is -2.54. The molecule has 2 aliphatic carbocycles. The number of aliphatic carboxylic acids is 1. The third-order valence-electron chi connectivity index (χ3n) is 7.39. The maximum Gasteiger partial charge on any atom is 0.303 e. The Hall–Kier alpha value is -1.12. The smallest absolute Gasteiger partial charge is 0.303 e. The van der Waals surface area contributed by atoms with E-state index in [0.29, 0.717) is 11.8 Å². The molecule has 2 aliphatic rings. The van der Waals surface area contributed by atoms with Crippen molar-refractivity contribution >= 4 is 12.3 Å². The molecule has 0 saturated heterocycles. The predicted octanol–water partition coefficient (Wildman–Crippen LogP) is 4.86. The highest BCUT2D eigenvalue weighted by atomic mass is 16.4. The number of hydrogen-bond donors (Lipinski definition) is 1. The Bertz CT molecular complexity index is 521. The van der Waals surface area contributed by atoms with Gasteiger partial charge in [-0.25, -0.2) is 0 Å². The molecule has 0 bridgehead atoms. The average Bonchev–Trinajstić information content (AvgIpc) is 2.74. The number of fused-ring (bicyclic) bond motifs is 1. The second kappa shape index (κ2) is 6.41. The van der Waals surface area contributed by atoms with E-state index in [1.807, 2.05) is 6.92 Å². The molecule has 3 nitrogen and oxygen atoms in total. The zero-order chi connectivity index (χ0) is 17.4. The zero-order valence-electron chi connectivity index (χ0n) is 15.3. The van der Waals surface area contributed by atoms with Crippen molar-refractivity contribution < 1.29 is 14.7 Å². The lowest BCUT2D eigenvalue weighted by atomic mass is 9.50. The van der Waals surface area contributed by atoms with E-state index in [2.05, 4.69) is 27.7 Å². The number of hydrogen-bond acceptors (Lipinski definition) is 2. The summed E-state index contributed by atoms with van der Waals surface area (Å²) in [6.07, 6.45) is 6.60. The minimum atomic E-state index is -0.703. The van der Waals surface area contributed by atoms with Crippen LogP contribution < -0.4 is 0 Å². The summed E-state index contributed by atoms with van der Waals surface area (Å²) >= 11 is 0. The monoisotopic (exact) mass is 320 g/mol. The van der Waals surface area contributed by atoms with Gasteiger partial charge in [-0.2, -0.15) is 0 Å². The molecule has 0 radical (unpaired) electrons. The minimum Gasteiger partial charge on any atom is -0.481 e. The minimum absolute atomic E-state index is 0.146. The van der Waals surface area contributed by atoms with Crippen LogP contribution >= 0.6 is 0 Å². The van der Waals surface area contributed by atoms with E-state index in [4.69, 9.17) is 5.11 Å². The first-order chi connectivity index (χ1) is 10.6. The van der Waals surface area contributed by atoms with Crippen molar-refractivity contribution in [2.24, 2.45) is 28.6 Å². The number of carboxylic acids is 1. The first-order valence-electron chi connectivity index (χ1n) is 9.02. The van der Waals surface area contributed by atoms with Crippen LogP contribution in [0.25, 0.3) is 0 Å². The lowest BCUT2D eigenvalue weighted by molar-refractivity contribution is -0.138. The van der Waals surface area contributed by atoms with Gasteiger partial charge in [0, 0.05) is 6.42 Å². The summed E-state index contributed by atoms with van der Waals surface area (Å²) in [4.78, 5) is 22.4. The number of carboxylic acid groups (broad SMARTS) is 1. The number of allylic oxidation sites excluding steroid dienone is 2. The Kier molecular flexibility index (Phi) is 5.08. The van der Waals surface area contributed by atoms with Gasteiger partial charge in [0.15, 0.2) is 0 Å². The fourth-order valence-corrected chi connectivity index (χ4v) is 5.25. The summed E-state index contributed by atoms with van der Waals surface area (Å²) in [6, 6.07) is 0. The molecule has 5 atom stereocenters. The summed E-state index contributed by atoms with van der Waals surface area (Å²) in [6.45, 7) is 11.3. The van der Waals surface area contributed by atoms with Crippen molar-refractivity contribution in [1.29, 1.82) is 0 Å². The Morgan fingerprint density at radius 1 is 1.43 bits per heavy atom. The van der Waals surface area contributed by atoms with Crippen molar-refractivity contribution in [3.8, 4) is 0 Å². The van der Waals surface area contributed by atoms with Gasteiger partial charge in [0.2, 0.25) is 0 Å². The van der Waals surface area contributed by atoms with Gasteiger partial charge in [0.25, 0.3) is 0 Å². The van der Waals surface area contributed by atoms with Crippen molar-refractivity contribution in [3.63, 3.8) is 0 Å². The maximum absolute atomic E-state index is 11.5. The van der Waals surface area contributed by atoms with E-state index in [-0.39, 0.29) is 23.2 Å². The largest absolute Gasteiger partial charge is 0.481 e. The first kappa shape index (κ1) is 18.2. The molecule has 0 aromatic carbocycles. The van der Waals surface area contributed by atoms with Gasteiger partial charge in [0.05, 0.1) is 0 Å². The fourth-order valence-electron chi connectivity index (χ4n) is 5.25. The Morgan fingerprint density at radius 3 is 2.65 bits per heavy atom. The summed E-state index contributed by atoms with van der Waals surface area (Å²) in [7, 11) is 0. The SMILES string of the molecule is CC1=C(C=O)CC2C1(C)CCC(C)C2(C)CCC(C)CC(=O)O. The maximum atomic E-state index is 11.5. The molecule has 130 valence electrons. The van der Waals surface area contributed by atoms with Crippen LogP contribution in [0.15, 0.2) is 11.1 Å². The highest BCUT2D eigenvalue weighted by Crippen LogP contribution is 2.64. The molecular weight excluding hydrogens is 288 g/mol. The molecule has 0 amide bonds. The molecule has 5 unspecified atom stereocenters. The second-order valence-corrected chi connectivity index (χ2v) is 8.63. The van der Waals surface area contributed by atoms with Crippen LogP contribution in [0.3, 0.4) is 0 Å². The Labute approximate surface area is 140 Å². The predicted molar refractivity (Wildman–Crippen MR) is 92.1 cm³/mol. The van der Waals surface area contributed by atoms with Gasteiger partial charge >= 0.3 is 5.97 Å². The molecule has 0 spiro atoms. The molecule has 0 aliphatic heterocycles. The van der Waals surface area contributed by atoms with Crippen molar-refractivity contribution in [2.75, 3.05) is 0 Å². The third kappa shape index (κ3) is 3.12. The molecule has 3 heteroatoms. The molecule has 1 fully saturated rings. The molecule has 0 aromatic rings. The van der Waals surface area contributed by atoms with E-state index in [1.54, 1.807) is 0 Å². The topological polar surface area (TPSA) is 54.4 Å². The van der Waals surface area contributed by atoms with Gasteiger partial charge in [-0.3, -0.25) is 9.59 Å². The third-order valence-corrected chi connectivity index (χ3v) is 7.39. The highest BCUT2D eigenvalue weighted by molar-refractivity contribution is 5.76. The van der Waals surface area contributed by atoms with Crippen LogP contribution in [0.5, 0.6) is 0 Å². The molecule has 0 aromatic heterocycles. The molecule has 23 heavy (non-hydrogen) atoms. The van der Waals surface area contributed by atoms with E-state index < -0.39 is 5.97 Å². The second-order valence-electron chi connectivity index (χ2n) is 8.63. The summed E-state index contributed by atoms with van der Waals surface area (Å²) < 4.78 is 0.